The third-order valence-corrected chi connectivity index (χ3v) is 3.76. The second kappa shape index (κ2) is 7.57. The summed E-state index contributed by atoms with van der Waals surface area (Å²) in [6.45, 7) is 1.09. The van der Waals surface area contributed by atoms with Crippen molar-refractivity contribution in [2.75, 3.05) is 10.6 Å². The van der Waals surface area contributed by atoms with Crippen molar-refractivity contribution in [3.05, 3.63) is 52.5 Å². The predicted molar refractivity (Wildman–Crippen MR) is 93.8 cm³/mol. The smallest absolute Gasteiger partial charge is 0.387 e. The van der Waals surface area contributed by atoms with Gasteiger partial charge in [-0.3, -0.25) is 0 Å². The molecule has 2 aromatic rings. The normalized spacial score (nSPS) is 10.5. The van der Waals surface area contributed by atoms with Gasteiger partial charge in [-0.25, -0.2) is 0 Å². The fourth-order valence-electron chi connectivity index (χ4n) is 1.94. The van der Waals surface area contributed by atoms with Gasteiger partial charge in [-0.2, -0.15) is 8.78 Å². The van der Waals surface area contributed by atoms with E-state index >= 15 is 0 Å². The quantitative estimate of drug-likeness (QED) is 0.722. The van der Waals surface area contributed by atoms with Crippen LogP contribution >= 0.6 is 23.8 Å². The highest BCUT2D eigenvalue weighted by Gasteiger charge is 2.10. The molecule has 2 aromatic carbocycles. The van der Waals surface area contributed by atoms with Crippen LogP contribution in [0.4, 0.5) is 20.2 Å². The van der Waals surface area contributed by atoms with Gasteiger partial charge in [-0.15, -0.1) is 0 Å². The largest absolute Gasteiger partial charge is 0.433 e. The molecule has 2 rings (SSSR count). The van der Waals surface area contributed by atoms with Crippen LogP contribution in [0.1, 0.15) is 11.1 Å². The molecule has 0 aliphatic carbocycles. The first-order valence-electron chi connectivity index (χ1n) is 6.75. The monoisotopic (exact) mass is 356 g/mol. The number of ether oxygens (including phenoxy) is 1. The predicted octanol–water partition coefficient (Wildman–Crippen LogP) is 5.37. The van der Waals surface area contributed by atoms with Crippen molar-refractivity contribution >= 4 is 40.3 Å². The number of benzene rings is 2. The van der Waals surface area contributed by atoms with Gasteiger partial charge >= 0.3 is 6.61 Å². The molecule has 0 aromatic heterocycles. The number of alkyl halides is 2. The van der Waals surface area contributed by atoms with Crippen molar-refractivity contribution in [1.82, 2.24) is 0 Å². The fraction of sp³-hybridized carbons (Fsp3) is 0.188. The van der Waals surface area contributed by atoms with E-state index in [-0.39, 0.29) is 10.8 Å². The zero-order chi connectivity index (χ0) is 17.0. The Morgan fingerprint density at radius 1 is 1.17 bits per heavy atom. The molecular weight excluding hydrogens is 342 g/mol. The van der Waals surface area contributed by atoms with Crippen LogP contribution in [0.15, 0.2) is 36.4 Å². The lowest BCUT2D eigenvalue weighted by molar-refractivity contribution is -0.0497. The summed E-state index contributed by atoms with van der Waals surface area (Å²) >= 11 is 11.2. The van der Waals surface area contributed by atoms with Gasteiger partial charge in [0.2, 0.25) is 0 Å². The van der Waals surface area contributed by atoms with Gasteiger partial charge in [0.05, 0.1) is 5.02 Å². The Morgan fingerprint density at radius 3 is 2.57 bits per heavy atom. The maximum atomic E-state index is 12.2. The van der Waals surface area contributed by atoms with Crippen LogP contribution in [0.2, 0.25) is 5.02 Å². The molecule has 0 heterocycles. The minimum absolute atomic E-state index is 0.0739. The van der Waals surface area contributed by atoms with E-state index in [4.69, 9.17) is 23.8 Å². The van der Waals surface area contributed by atoms with Gasteiger partial charge < -0.3 is 15.4 Å². The number of thiocarbonyl (C=S) groups is 1. The summed E-state index contributed by atoms with van der Waals surface area (Å²) in [7, 11) is 0. The van der Waals surface area contributed by atoms with E-state index in [1.165, 1.54) is 12.1 Å². The highest BCUT2D eigenvalue weighted by molar-refractivity contribution is 7.80. The molecule has 0 aliphatic rings. The second-order valence-electron chi connectivity index (χ2n) is 4.85. The molecular formula is C16H15ClF2N2OS. The number of anilines is 2. The number of hydrogen-bond donors (Lipinski definition) is 2. The van der Waals surface area contributed by atoms with Crippen molar-refractivity contribution in [2.45, 2.75) is 20.5 Å². The Hall–Kier alpha value is -1.92. The zero-order valence-electron chi connectivity index (χ0n) is 12.5. The number of hydrogen-bond acceptors (Lipinski definition) is 2. The Labute approximate surface area is 143 Å². The SMILES string of the molecule is Cc1cccc(NC(=S)Nc2ccc(OC(F)F)c(Cl)c2)c1C. The van der Waals surface area contributed by atoms with Gasteiger partial charge in [0.25, 0.3) is 0 Å². The first kappa shape index (κ1) is 17.4. The van der Waals surface area contributed by atoms with E-state index in [2.05, 4.69) is 15.4 Å². The van der Waals surface area contributed by atoms with E-state index < -0.39 is 6.61 Å². The molecule has 0 atom stereocenters. The van der Waals surface area contributed by atoms with E-state index in [1.54, 1.807) is 6.07 Å². The standard InChI is InChI=1S/C16H15ClF2N2OS/c1-9-4-3-5-13(10(9)2)21-16(23)20-11-6-7-14(12(17)8-11)22-15(18)19/h3-8,15H,1-2H3,(H2,20,21,23). The Balaban J connectivity index is 2.05. The summed E-state index contributed by atoms with van der Waals surface area (Å²) in [6.07, 6.45) is 0. The third kappa shape index (κ3) is 4.77. The lowest BCUT2D eigenvalue weighted by Crippen LogP contribution is -2.19. The van der Waals surface area contributed by atoms with E-state index in [1.807, 2.05) is 32.0 Å². The third-order valence-electron chi connectivity index (χ3n) is 3.26. The topological polar surface area (TPSA) is 33.3 Å². The molecule has 23 heavy (non-hydrogen) atoms. The second-order valence-corrected chi connectivity index (χ2v) is 5.67. The molecule has 0 fully saturated rings. The minimum atomic E-state index is -2.92. The van der Waals surface area contributed by atoms with Gasteiger partial charge in [-0.05, 0) is 61.5 Å². The number of aryl methyl sites for hydroxylation is 1. The molecule has 0 bridgehead atoms. The molecule has 3 nitrogen and oxygen atoms in total. The lowest BCUT2D eigenvalue weighted by Gasteiger charge is -2.14. The number of nitrogens with one attached hydrogen (secondary N) is 2. The van der Waals surface area contributed by atoms with Crippen LogP contribution in [0.3, 0.4) is 0 Å². The average molecular weight is 357 g/mol. The van der Waals surface area contributed by atoms with Crippen molar-refractivity contribution in [3.8, 4) is 5.75 Å². The molecule has 0 saturated carbocycles. The van der Waals surface area contributed by atoms with Crippen LogP contribution in [0, 0.1) is 13.8 Å². The van der Waals surface area contributed by atoms with Crippen LogP contribution in [0.5, 0.6) is 5.75 Å². The average Bonchev–Trinajstić information content (AvgIpc) is 2.46. The van der Waals surface area contributed by atoms with Crippen LogP contribution in [0.25, 0.3) is 0 Å². The molecule has 0 radical (unpaired) electrons. The molecule has 7 heteroatoms. The van der Waals surface area contributed by atoms with E-state index in [9.17, 15) is 8.78 Å². The molecule has 0 spiro atoms. The maximum absolute atomic E-state index is 12.2. The van der Waals surface area contributed by atoms with Gasteiger partial charge in [-0.1, -0.05) is 23.7 Å². The Bertz CT molecular complexity index is 725. The molecule has 0 saturated heterocycles. The summed E-state index contributed by atoms with van der Waals surface area (Å²) in [5.41, 5.74) is 3.70. The van der Waals surface area contributed by atoms with Crippen molar-refractivity contribution < 1.29 is 13.5 Å². The first-order valence-corrected chi connectivity index (χ1v) is 7.54. The summed E-state index contributed by atoms with van der Waals surface area (Å²) in [5, 5.41) is 6.49. The minimum Gasteiger partial charge on any atom is -0.433 e. The highest BCUT2D eigenvalue weighted by Crippen LogP contribution is 2.29. The highest BCUT2D eigenvalue weighted by atomic mass is 35.5. The Morgan fingerprint density at radius 2 is 1.91 bits per heavy atom. The fourth-order valence-corrected chi connectivity index (χ4v) is 2.39. The molecule has 0 unspecified atom stereocenters. The summed E-state index contributed by atoms with van der Waals surface area (Å²) in [5.74, 6) is -0.0828. The summed E-state index contributed by atoms with van der Waals surface area (Å²) in [6, 6.07) is 10.2. The molecule has 122 valence electrons. The first-order chi connectivity index (χ1) is 10.9. The van der Waals surface area contributed by atoms with E-state index in [0.717, 1.165) is 16.8 Å². The van der Waals surface area contributed by atoms with Gasteiger partial charge in [0.1, 0.15) is 5.75 Å². The van der Waals surface area contributed by atoms with Crippen molar-refractivity contribution in [3.63, 3.8) is 0 Å². The van der Waals surface area contributed by atoms with E-state index in [0.29, 0.717) is 10.8 Å². The Kier molecular flexibility index (Phi) is 5.74. The van der Waals surface area contributed by atoms with Gasteiger partial charge in [0, 0.05) is 11.4 Å². The van der Waals surface area contributed by atoms with Crippen LogP contribution in [-0.4, -0.2) is 11.7 Å². The van der Waals surface area contributed by atoms with Gasteiger partial charge in [0.15, 0.2) is 5.11 Å². The van der Waals surface area contributed by atoms with Crippen molar-refractivity contribution in [1.29, 1.82) is 0 Å². The molecule has 0 aliphatic heterocycles. The van der Waals surface area contributed by atoms with Crippen LogP contribution in [-0.2, 0) is 0 Å². The lowest BCUT2D eigenvalue weighted by atomic mass is 10.1. The molecule has 2 N–H and O–H groups in total. The molecule has 0 amide bonds. The number of halogens is 3. The maximum Gasteiger partial charge on any atom is 0.387 e. The van der Waals surface area contributed by atoms with Crippen LogP contribution < -0.4 is 15.4 Å². The zero-order valence-corrected chi connectivity index (χ0v) is 14.1. The summed E-state index contributed by atoms with van der Waals surface area (Å²) in [4.78, 5) is 0. The number of rotatable bonds is 4. The van der Waals surface area contributed by atoms with Crippen molar-refractivity contribution in [2.24, 2.45) is 0 Å². The summed E-state index contributed by atoms with van der Waals surface area (Å²) < 4.78 is 28.7.